The number of carbonyl (C=O) groups is 1. The number of nitrogen functional groups attached to an aromatic ring is 1. The van der Waals surface area contributed by atoms with Gasteiger partial charge in [0.2, 0.25) is 0 Å². The summed E-state index contributed by atoms with van der Waals surface area (Å²) in [6.45, 7) is 0. The number of nitrogens with zero attached hydrogens (tertiary/aromatic N) is 1. The van der Waals surface area contributed by atoms with E-state index in [-0.39, 0.29) is 11.3 Å². The Morgan fingerprint density at radius 3 is 2.52 bits per heavy atom. The molecule has 6 nitrogen and oxygen atoms in total. The molecule has 0 amide bonds. The van der Waals surface area contributed by atoms with Crippen molar-refractivity contribution in [3.8, 4) is 17.2 Å². The molecule has 1 heterocycles. The van der Waals surface area contributed by atoms with Gasteiger partial charge in [-0.3, -0.25) is 4.98 Å². The number of hydrogen-bond acceptors (Lipinski definition) is 5. The Kier molecular flexibility index (Phi) is 3.72. The zero-order chi connectivity index (χ0) is 16.4. The van der Waals surface area contributed by atoms with Crippen molar-refractivity contribution in [2.24, 2.45) is 0 Å². The number of fused-ring (bicyclic) bond motifs is 1. The number of pyridine rings is 1. The molecule has 0 saturated carbocycles. The summed E-state index contributed by atoms with van der Waals surface area (Å²) in [6.07, 6.45) is 1.59. The van der Waals surface area contributed by atoms with Crippen LogP contribution in [0.15, 0.2) is 48.7 Å². The molecule has 1 aromatic heterocycles. The summed E-state index contributed by atoms with van der Waals surface area (Å²) in [5, 5.41) is 9.90. The molecule has 0 aliphatic carbocycles. The zero-order valence-electron chi connectivity index (χ0n) is 12.3. The summed E-state index contributed by atoms with van der Waals surface area (Å²) in [5.41, 5.74) is 6.92. The highest BCUT2D eigenvalue weighted by Crippen LogP contribution is 2.33. The van der Waals surface area contributed by atoms with E-state index in [9.17, 15) is 9.90 Å². The zero-order valence-corrected chi connectivity index (χ0v) is 12.3. The maximum atomic E-state index is 11.4. The van der Waals surface area contributed by atoms with Crippen LogP contribution in [0.2, 0.25) is 0 Å². The van der Waals surface area contributed by atoms with Gasteiger partial charge in [0.15, 0.2) is 0 Å². The Labute approximate surface area is 132 Å². The largest absolute Gasteiger partial charge is 0.496 e. The molecule has 3 aromatic rings. The first-order chi connectivity index (χ1) is 11.1. The van der Waals surface area contributed by atoms with Gasteiger partial charge >= 0.3 is 5.97 Å². The van der Waals surface area contributed by atoms with Crippen molar-refractivity contribution in [1.29, 1.82) is 0 Å². The topological polar surface area (TPSA) is 94.7 Å². The Hall–Kier alpha value is -3.28. The van der Waals surface area contributed by atoms with E-state index < -0.39 is 5.97 Å². The van der Waals surface area contributed by atoms with Crippen LogP contribution in [0.3, 0.4) is 0 Å². The SMILES string of the molecule is COc1cc2nccc(Oc3ccc(N)cc3)c2cc1C(=O)O. The molecule has 0 atom stereocenters. The molecule has 2 aromatic carbocycles. The van der Waals surface area contributed by atoms with Crippen molar-refractivity contribution in [3.05, 3.63) is 54.2 Å². The van der Waals surface area contributed by atoms with Crippen molar-refractivity contribution in [1.82, 2.24) is 4.98 Å². The van der Waals surface area contributed by atoms with E-state index in [0.717, 1.165) is 0 Å². The molecule has 0 spiro atoms. The fourth-order valence-corrected chi connectivity index (χ4v) is 2.24. The average molecular weight is 310 g/mol. The second-order valence-electron chi connectivity index (χ2n) is 4.85. The number of ether oxygens (including phenoxy) is 2. The van der Waals surface area contributed by atoms with Crippen LogP contribution in [0, 0.1) is 0 Å². The van der Waals surface area contributed by atoms with Crippen LogP contribution >= 0.6 is 0 Å². The lowest BCUT2D eigenvalue weighted by molar-refractivity contribution is 0.0693. The summed E-state index contributed by atoms with van der Waals surface area (Å²) < 4.78 is 10.9. The molecule has 0 bridgehead atoms. The quantitative estimate of drug-likeness (QED) is 0.718. The van der Waals surface area contributed by atoms with E-state index in [0.29, 0.717) is 28.1 Å². The number of aromatic nitrogens is 1. The van der Waals surface area contributed by atoms with E-state index >= 15 is 0 Å². The monoisotopic (exact) mass is 310 g/mol. The minimum atomic E-state index is -1.08. The lowest BCUT2D eigenvalue weighted by Gasteiger charge is -2.11. The van der Waals surface area contributed by atoms with Crippen LogP contribution in [0.1, 0.15) is 10.4 Å². The van der Waals surface area contributed by atoms with Gasteiger partial charge in [0.25, 0.3) is 0 Å². The van der Waals surface area contributed by atoms with Crippen LogP contribution in [-0.4, -0.2) is 23.2 Å². The van der Waals surface area contributed by atoms with Gasteiger partial charge in [-0.2, -0.15) is 0 Å². The van der Waals surface area contributed by atoms with Crippen molar-refractivity contribution >= 4 is 22.6 Å². The average Bonchev–Trinajstić information content (AvgIpc) is 2.56. The fraction of sp³-hybridized carbons (Fsp3) is 0.0588. The third-order valence-electron chi connectivity index (χ3n) is 3.36. The molecule has 0 saturated heterocycles. The van der Waals surface area contributed by atoms with Gasteiger partial charge in [-0.1, -0.05) is 0 Å². The van der Waals surface area contributed by atoms with E-state index in [1.165, 1.54) is 13.2 Å². The number of hydrogen-bond donors (Lipinski definition) is 2. The van der Waals surface area contributed by atoms with E-state index in [1.807, 2.05) is 0 Å². The number of methoxy groups -OCH3 is 1. The molecular formula is C17H14N2O4. The van der Waals surface area contributed by atoms with Gasteiger partial charge in [0.1, 0.15) is 22.8 Å². The van der Waals surface area contributed by atoms with Gasteiger partial charge in [-0.05, 0) is 36.4 Å². The molecule has 0 fully saturated rings. The van der Waals surface area contributed by atoms with Gasteiger partial charge in [0.05, 0.1) is 12.6 Å². The highest BCUT2D eigenvalue weighted by atomic mass is 16.5. The number of aromatic carboxylic acids is 1. The summed E-state index contributed by atoms with van der Waals surface area (Å²) >= 11 is 0. The van der Waals surface area contributed by atoms with Crippen molar-refractivity contribution in [2.45, 2.75) is 0 Å². The molecule has 23 heavy (non-hydrogen) atoms. The maximum absolute atomic E-state index is 11.4. The normalized spacial score (nSPS) is 10.5. The van der Waals surface area contributed by atoms with Gasteiger partial charge in [0, 0.05) is 23.3 Å². The first-order valence-corrected chi connectivity index (χ1v) is 6.82. The molecule has 116 valence electrons. The molecule has 0 aliphatic rings. The number of nitrogens with two attached hydrogens (primary N) is 1. The Balaban J connectivity index is 2.11. The van der Waals surface area contributed by atoms with Crippen LogP contribution in [0.4, 0.5) is 5.69 Å². The predicted octanol–water partition coefficient (Wildman–Crippen LogP) is 3.32. The van der Waals surface area contributed by atoms with Gasteiger partial charge < -0.3 is 20.3 Å². The third kappa shape index (κ3) is 2.87. The van der Waals surface area contributed by atoms with Crippen LogP contribution in [0.5, 0.6) is 17.2 Å². The first-order valence-electron chi connectivity index (χ1n) is 6.82. The number of anilines is 1. The fourth-order valence-electron chi connectivity index (χ4n) is 2.24. The van der Waals surface area contributed by atoms with E-state index in [2.05, 4.69) is 4.98 Å². The van der Waals surface area contributed by atoms with Crippen molar-refractivity contribution in [2.75, 3.05) is 12.8 Å². The Bertz CT molecular complexity index is 876. The standard InChI is InChI=1S/C17H14N2O4/c1-22-16-9-14-12(8-13(16)17(20)21)15(6-7-19-14)23-11-4-2-10(18)3-5-11/h2-9H,18H2,1H3,(H,20,21). The highest BCUT2D eigenvalue weighted by Gasteiger charge is 2.15. The number of carboxylic acids is 1. The van der Waals surface area contributed by atoms with Gasteiger partial charge in [-0.15, -0.1) is 0 Å². The van der Waals surface area contributed by atoms with Crippen LogP contribution < -0.4 is 15.2 Å². The third-order valence-corrected chi connectivity index (χ3v) is 3.36. The molecule has 3 rings (SSSR count). The maximum Gasteiger partial charge on any atom is 0.339 e. The molecule has 6 heteroatoms. The Morgan fingerprint density at radius 1 is 1.13 bits per heavy atom. The molecular weight excluding hydrogens is 296 g/mol. The molecule has 0 radical (unpaired) electrons. The van der Waals surface area contributed by atoms with E-state index in [4.69, 9.17) is 15.2 Å². The lowest BCUT2D eigenvalue weighted by Crippen LogP contribution is -2.01. The van der Waals surface area contributed by atoms with Crippen molar-refractivity contribution < 1.29 is 19.4 Å². The van der Waals surface area contributed by atoms with E-state index in [1.54, 1.807) is 42.6 Å². The predicted molar refractivity (Wildman–Crippen MR) is 86.2 cm³/mol. The second-order valence-corrected chi connectivity index (χ2v) is 4.85. The van der Waals surface area contributed by atoms with Gasteiger partial charge in [-0.25, -0.2) is 4.79 Å². The number of benzene rings is 2. The minimum Gasteiger partial charge on any atom is -0.496 e. The molecule has 0 aliphatic heterocycles. The minimum absolute atomic E-state index is 0.0511. The smallest absolute Gasteiger partial charge is 0.339 e. The summed E-state index contributed by atoms with van der Waals surface area (Å²) in [4.78, 5) is 15.6. The van der Waals surface area contributed by atoms with Crippen molar-refractivity contribution in [3.63, 3.8) is 0 Å². The highest BCUT2D eigenvalue weighted by molar-refractivity contribution is 5.98. The first kappa shape index (κ1) is 14.6. The number of rotatable bonds is 4. The summed E-state index contributed by atoms with van der Waals surface area (Å²) in [6, 6.07) is 11.7. The number of carboxylic acid groups (broad SMARTS) is 1. The van der Waals surface area contributed by atoms with Crippen LogP contribution in [0.25, 0.3) is 10.9 Å². The summed E-state index contributed by atoms with van der Waals surface area (Å²) in [7, 11) is 1.42. The van der Waals surface area contributed by atoms with Crippen LogP contribution in [-0.2, 0) is 0 Å². The Morgan fingerprint density at radius 2 is 1.87 bits per heavy atom. The second kappa shape index (κ2) is 5.84. The molecule has 0 unspecified atom stereocenters. The molecule has 3 N–H and O–H groups in total. The lowest BCUT2D eigenvalue weighted by atomic mass is 10.1. The summed E-state index contributed by atoms with van der Waals surface area (Å²) in [5.74, 6) is 0.275.